The lowest BCUT2D eigenvalue weighted by Gasteiger charge is -2.14. The summed E-state index contributed by atoms with van der Waals surface area (Å²) in [6.45, 7) is 25.9. The zero-order valence-electron chi connectivity index (χ0n) is 24.7. The van der Waals surface area contributed by atoms with E-state index in [0.717, 1.165) is 35.1 Å². The average molecular weight is 490 g/mol. The summed E-state index contributed by atoms with van der Waals surface area (Å²) < 4.78 is 0. The Morgan fingerprint density at radius 3 is 1.83 bits per heavy atom. The molecule has 0 radical (unpaired) electrons. The van der Waals surface area contributed by atoms with Crippen molar-refractivity contribution in [1.29, 1.82) is 0 Å². The molecule has 0 heterocycles. The second-order valence-electron chi connectivity index (χ2n) is 8.70. The second-order valence-corrected chi connectivity index (χ2v) is 8.70. The molecule has 0 aliphatic carbocycles. The minimum atomic E-state index is 0.291. The molecular weight excluding hydrogens is 438 g/mol. The number of hydrogen-bond acceptors (Lipinski definition) is 2. The van der Waals surface area contributed by atoms with Crippen LogP contribution in [0.25, 0.3) is 11.1 Å². The maximum atomic E-state index is 10.7. The first-order valence-electron chi connectivity index (χ1n) is 13.2. The van der Waals surface area contributed by atoms with Gasteiger partial charge in [-0.05, 0) is 68.7 Å². The van der Waals surface area contributed by atoms with Crippen molar-refractivity contribution < 1.29 is 4.79 Å². The summed E-state index contributed by atoms with van der Waals surface area (Å²) in [5.74, 6) is 0.809. The first-order valence-corrected chi connectivity index (χ1v) is 13.2. The Labute approximate surface area is 223 Å². The van der Waals surface area contributed by atoms with Crippen LogP contribution in [-0.2, 0) is 4.79 Å². The molecule has 2 nitrogen and oxygen atoms in total. The molecule has 0 saturated carbocycles. The number of hydrogen-bond donors (Lipinski definition) is 0. The van der Waals surface area contributed by atoms with Crippen molar-refractivity contribution in [2.75, 3.05) is 7.05 Å². The van der Waals surface area contributed by atoms with Gasteiger partial charge in [-0.3, -0.25) is 4.99 Å². The molecule has 1 atom stereocenters. The lowest BCUT2D eigenvalue weighted by Crippen LogP contribution is -2.01. The van der Waals surface area contributed by atoms with Gasteiger partial charge in [-0.2, -0.15) is 0 Å². The van der Waals surface area contributed by atoms with E-state index in [2.05, 4.69) is 68.4 Å². The molecule has 2 rings (SSSR count). The van der Waals surface area contributed by atoms with Crippen LogP contribution in [0, 0.1) is 12.8 Å². The molecule has 0 amide bonds. The number of nitrogens with zero attached hydrogens (tertiary/aromatic N) is 1. The van der Waals surface area contributed by atoms with Crippen LogP contribution in [0.1, 0.15) is 91.3 Å². The van der Waals surface area contributed by atoms with Crippen LogP contribution in [0.5, 0.6) is 0 Å². The van der Waals surface area contributed by atoms with Gasteiger partial charge in [0.25, 0.3) is 0 Å². The summed E-state index contributed by atoms with van der Waals surface area (Å²) in [4.78, 5) is 14.9. The van der Waals surface area contributed by atoms with E-state index >= 15 is 0 Å². The van der Waals surface area contributed by atoms with Crippen LogP contribution in [0.3, 0.4) is 0 Å². The molecule has 0 spiro atoms. The Balaban J connectivity index is 0. The number of Topliss-reactive ketones (excluding diaryl/α,β-unsaturated/α-hetero) is 1. The summed E-state index contributed by atoms with van der Waals surface area (Å²) >= 11 is 0. The van der Waals surface area contributed by atoms with E-state index in [9.17, 15) is 4.79 Å². The molecule has 198 valence electrons. The van der Waals surface area contributed by atoms with Gasteiger partial charge in [0, 0.05) is 25.3 Å². The summed E-state index contributed by atoms with van der Waals surface area (Å²) in [5, 5.41) is 0. The smallest absolute Gasteiger partial charge is 0.130 e. The molecule has 2 aromatic rings. The molecule has 0 fully saturated rings. The minimum Gasteiger partial charge on any atom is -0.300 e. The van der Waals surface area contributed by atoms with Crippen molar-refractivity contribution in [2.45, 2.75) is 81.6 Å². The molecule has 0 N–H and O–H groups in total. The quantitative estimate of drug-likeness (QED) is 0.149. The van der Waals surface area contributed by atoms with Crippen molar-refractivity contribution >= 4 is 23.1 Å². The van der Waals surface area contributed by atoms with E-state index in [1.54, 1.807) is 14.0 Å². The SMILES string of the molecule is C=C(C)/C(=C(\C=NC)c1ccc(C)cc1)c1ccccc1.C=C(C)CCC(C)CC(C)=O.CC.CC. The van der Waals surface area contributed by atoms with Gasteiger partial charge in [-0.15, -0.1) is 6.58 Å². The zero-order valence-corrected chi connectivity index (χ0v) is 24.7. The van der Waals surface area contributed by atoms with Crippen LogP contribution in [0.2, 0.25) is 0 Å². The molecule has 0 aromatic heterocycles. The maximum absolute atomic E-state index is 10.7. The van der Waals surface area contributed by atoms with Crippen LogP contribution in [0.15, 0.2) is 83.9 Å². The van der Waals surface area contributed by atoms with E-state index in [1.165, 1.54) is 16.7 Å². The lowest BCUT2D eigenvalue weighted by molar-refractivity contribution is -0.117. The number of aliphatic imine (C=N–C) groups is 1. The standard InChI is InChI=1S/C20H21N.C10H18O.2C2H6/c1-15(2)20(18-8-6-5-7-9-18)19(14-21-4)17-12-10-16(3)11-13-17;1-8(2)5-6-9(3)7-10(4)11;2*1-2/h5-14H,1H2,2-4H3;9H,1,5-7H2,2-4H3;2*1-2H3/b20-19-,21-14?;;;. The van der Waals surface area contributed by atoms with Gasteiger partial charge < -0.3 is 4.79 Å². The fourth-order valence-corrected chi connectivity index (χ4v) is 3.47. The average Bonchev–Trinajstić information content (AvgIpc) is 2.86. The number of allylic oxidation sites excluding steroid dienone is 4. The van der Waals surface area contributed by atoms with Crippen molar-refractivity contribution in [3.05, 3.63) is 95.6 Å². The Morgan fingerprint density at radius 2 is 1.42 bits per heavy atom. The Morgan fingerprint density at radius 1 is 0.889 bits per heavy atom. The topological polar surface area (TPSA) is 29.4 Å². The molecule has 0 aliphatic heterocycles. The third-order valence-corrected chi connectivity index (χ3v) is 5.08. The monoisotopic (exact) mass is 489 g/mol. The fraction of sp³-hybridized carbons (Fsp3) is 0.412. The third-order valence-electron chi connectivity index (χ3n) is 5.08. The molecule has 2 aromatic carbocycles. The highest BCUT2D eigenvalue weighted by atomic mass is 16.1. The number of aryl methyl sites for hydroxylation is 1. The first-order chi connectivity index (χ1) is 17.1. The normalized spacial score (nSPS) is 11.4. The summed E-state index contributed by atoms with van der Waals surface area (Å²) in [7, 11) is 1.80. The highest BCUT2D eigenvalue weighted by Crippen LogP contribution is 2.30. The lowest BCUT2D eigenvalue weighted by atomic mass is 9.91. The van der Waals surface area contributed by atoms with Crippen LogP contribution < -0.4 is 0 Å². The Kier molecular flexibility index (Phi) is 20.8. The molecular formula is C34H51NO. The van der Waals surface area contributed by atoms with Gasteiger partial charge in [0.15, 0.2) is 0 Å². The molecule has 0 saturated heterocycles. The van der Waals surface area contributed by atoms with Crippen molar-refractivity contribution in [3.8, 4) is 0 Å². The Hall–Kier alpha value is -3.00. The van der Waals surface area contributed by atoms with E-state index in [1.807, 2.05) is 66.0 Å². The van der Waals surface area contributed by atoms with Crippen molar-refractivity contribution in [1.82, 2.24) is 0 Å². The van der Waals surface area contributed by atoms with E-state index in [-0.39, 0.29) is 0 Å². The van der Waals surface area contributed by atoms with E-state index in [0.29, 0.717) is 18.1 Å². The fourth-order valence-electron chi connectivity index (χ4n) is 3.47. The third kappa shape index (κ3) is 15.1. The predicted molar refractivity (Wildman–Crippen MR) is 165 cm³/mol. The predicted octanol–water partition coefficient (Wildman–Crippen LogP) is 10.2. The van der Waals surface area contributed by atoms with E-state index < -0.39 is 0 Å². The van der Waals surface area contributed by atoms with Gasteiger partial charge >= 0.3 is 0 Å². The van der Waals surface area contributed by atoms with E-state index in [4.69, 9.17) is 0 Å². The van der Waals surface area contributed by atoms with Crippen molar-refractivity contribution in [3.63, 3.8) is 0 Å². The summed E-state index contributed by atoms with van der Waals surface area (Å²) in [6.07, 6.45) is 4.78. The van der Waals surface area contributed by atoms with Gasteiger partial charge in [0.2, 0.25) is 0 Å². The summed E-state index contributed by atoms with van der Waals surface area (Å²) in [6, 6.07) is 18.9. The number of rotatable bonds is 9. The van der Waals surface area contributed by atoms with Gasteiger partial charge in [0.05, 0.1) is 0 Å². The first kappa shape index (κ1) is 35.2. The number of carbonyl (C=O) groups excluding carboxylic acids is 1. The van der Waals surface area contributed by atoms with Crippen LogP contribution in [0.4, 0.5) is 0 Å². The van der Waals surface area contributed by atoms with Crippen LogP contribution in [-0.4, -0.2) is 19.0 Å². The highest BCUT2D eigenvalue weighted by molar-refractivity contribution is 6.21. The zero-order chi connectivity index (χ0) is 28.1. The second kappa shape index (κ2) is 21.3. The number of carbonyl (C=O) groups is 1. The maximum Gasteiger partial charge on any atom is 0.130 e. The number of ketones is 1. The molecule has 0 aliphatic rings. The van der Waals surface area contributed by atoms with Gasteiger partial charge in [0.1, 0.15) is 5.78 Å². The van der Waals surface area contributed by atoms with Crippen molar-refractivity contribution in [2.24, 2.45) is 10.9 Å². The highest BCUT2D eigenvalue weighted by Gasteiger charge is 2.11. The van der Waals surface area contributed by atoms with Gasteiger partial charge in [-0.25, -0.2) is 0 Å². The minimum absolute atomic E-state index is 0.291. The summed E-state index contributed by atoms with van der Waals surface area (Å²) in [5.41, 5.74) is 8.08. The molecule has 36 heavy (non-hydrogen) atoms. The van der Waals surface area contributed by atoms with Gasteiger partial charge in [-0.1, -0.05) is 107 Å². The molecule has 1 unspecified atom stereocenters. The van der Waals surface area contributed by atoms with Crippen LogP contribution >= 0.6 is 0 Å². The largest absolute Gasteiger partial charge is 0.300 e. The number of benzene rings is 2. The molecule has 2 heteroatoms. The molecule has 0 bridgehead atoms. The Bertz CT molecular complexity index is 946.